The van der Waals surface area contributed by atoms with E-state index in [1.165, 1.54) is 0 Å². The van der Waals surface area contributed by atoms with Gasteiger partial charge in [-0.15, -0.1) is 0 Å². The number of aryl methyl sites for hydroxylation is 2. The summed E-state index contributed by atoms with van der Waals surface area (Å²) in [6, 6.07) is 8.26. The maximum absolute atomic E-state index is 9.42. The third-order valence-electron chi connectivity index (χ3n) is 4.02. The van der Waals surface area contributed by atoms with Crippen molar-refractivity contribution in [2.75, 3.05) is 0 Å². The van der Waals surface area contributed by atoms with Gasteiger partial charge in [-0.2, -0.15) is 10.2 Å². The van der Waals surface area contributed by atoms with Crippen LogP contribution in [-0.2, 0) is 19.7 Å². The Bertz CT molecular complexity index is 785. The quantitative estimate of drug-likeness (QED) is 0.800. The van der Waals surface area contributed by atoms with Crippen LogP contribution in [0.2, 0.25) is 0 Å². The van der Waals surface area contributed by atoms with Crippen LogP contribution in [-0.4, -0.2) is 24.7 Å². The molecule has 0 aliphatic carbocycles. The van der Waals surface area contributed by atoms with Gasteiger partial charge >= 0.3 is 0 Å². The second-order valence-electron chi connectivity index (χ2n) is 5.24. The molecule has 1 N–H and O–H groups in total. The van der Waals surface area contributed by atoms with E-state index in [1.54, 1.807) is 0 Å². The van der Waals surface area contributed by atoms with Gasteiger partial charge in [0.05, 0.1) is 30.1 Å². The van der Waals surface area contributed by atoms with Gasteiger partial charge in [0, 0.05) is 23.2 Å². The summed E-state index contributed by atoms with van der Waals surface area (Å²) < 4.78 is 3.94. The maximum atomic E-state index is 9.42. The lowest BCUT2D eigenvalue weighted by atomic mass is 10.2. The normalized spacial score (nSPS) is 11.4. The summed E-state index contributed by atoms with van der Waals surface area (Å²) in [7, 11) is 0. The summed E-state index contributed by atoms with van der Waals surface area (Å²) in [6.45, 7) is 7.51. The Morgan fingerprint density at radius 3 is 2.52 bits per heavy atom. The van der Waals surface area contributed by atoms with Gasteiger partial charge in [0.25, 0.3) is 0 Å². The van der Waals surface area contributed by atoms with E-state index in [1.807, 2.05) is 35.3 Å². The average molecular weight is 284 g/mol. The fourth-order valence-electron chi connectivity index (χ4n) is 2.81. The van der Waals surface area contributed by atoms with E-state index >= 15 is 0 Å². The monoisotopic (exact) mass is 284 g/mol. The van der Waals surface area contributed by atoms with Crippen LogP contribution < -0.4 is 0 Å². The minimum absolute atomic E-state index is 0.0296. The molecule has 5 nitrogen and oxygen atoms in total. The molecule has 0 fully saturated rings. The molecule has 1 aromatic carbocycles. The fraction of sp³-hybridized carbons (Fsp3) is 0.375. The van der Waals surface area contributed by atoms with E-state index in [0.717, 1.165) is 40.1 Å². The Hall–Kier alpha value is -2.14. The number of para-hydroxylation sites is 1. The molecule has 0 saturated heterocycles. The molecular weight excluding hydrogens is 264 g/mol. The predicted octanol–water partition coefficient (Wildman–Crippen LogP) is 2.41. The van der Waals surface area contributed by atoms with Crippen molar-refractivity contribution < 1.29 is 5.11 Å². The zero-order chi connectivity index (χ0) is 15.0. The molecule has 0 amide bonds. The van der Waals surface area contributed by atoms with Gasteiger partial charge in [0.2, 0.25) is 0 Å². The minimum Gasteiger partial charge on any atom is -0.392 e. The number of benzene rings is 1. The molecule has 0 unspecified atom stereocenters. The lowest BCUT2D eigenvalue weighted by Gasteiger charge is -2.03. The molecule has 0 atom stereocenters. The van der Waals surface area contributed by atoms with Crippen molar-refractivity contribution in [3.63, 3.8) is 0 Å². The fourth-order valence-corrected chi connectivity index (χ4v) is 2.81. The Labute approximate surface area is 123 Å². The predicted molar refractivity (Wildman–Crippen MR) is 82.1 cm³/mol. The van der Waals surface area contributed by atoms with Crippen molar-refractivity contribution in [1.29, 1.82) is 0 Å². The van der Waals surface area contributed by atoms with Crippen LogP contribution in [0.4, 0.5) is 0 Å². The molecule has 0 aliphatic heterocycles. The molecule has 0 aliphatic rings. The van der Waals surface area contributed by atoms with Crippen LogP contribution in [0.1, 0.15) is 29.6 Å². The molecule has 3 aromatic rings. The van der Waals surface area contributed by atoms with Gasteiger partial charge in [-0.05, 0) is 26.8 Å². The van der Waals surface area contributed by atoms with Gasteiger partial charge in [-0.3, -0.25) is 9.36 Å². The third kappa shape index (κ3) is 2.23. The van der Waals surface area contributed by atoms with Crippen molar-refractivity contribution in [1.82, 2.24) is 19.6 Å². The number of fused-ring (bicyclic) bond motifs is 1. The van der Waals surface area contributed by atoms with Crippen molar-refractivity contribution >= 4 is 10.9 Å². The Kier molecular flexibility index (Phi) is 3.51. The number of rotatable bonds is 4. The number of nitrogens with zero attached hydrogens (tertiary/aromatic N) is 4. The minimum atomic E-state index is 0.0296. The zero-order valence-electron chi connectivity index (χ0n) is 12.7. The van der Waals surface area contributed by atoms with Crippen LogP contribution in [0.3, 0.4) is 0 Å². The molecule has 2 heterocycles. The number of hydrogen-bond donors (Lipinski definition) is 1. The number of aromatic nitrogens is 4. The van der Waals surface area contributed by atoms with E-state index in [0.29, 0.717) is 6.54 Å². The largest absolute Gasteiger partial charge is 0.392 e. The molecule has 0 spiro atoms. The third-order valence-corrected chi connectivity index (χ3v) is 4.02. The number of aliphatic hydroxyl groups excluding tert-OH is 1. The van der Waals surface area contributed by atoms with Gasteiger partial charge in [0.15, 0.2) is 0 Å². The van der Waals surface area contributed by atoms with Crippen LogP contribution in [0.25, 0.3) is 10.9 Å². The molecule has 110 valence electrons. The highest BCUT2D eigenvalue weighted by molar-refractivity contribution is 5.81. The van der Waals surface area contributed by atoms with E-state index in [4.69, 9.17) is 5.10 Å². The van der Waals surface area contributed by atoms with E-state index in [-0.39, 0.29) is 6.61 Å². The smallest absolute Gasteiger partial charge is 0.0918 e. The van der Waals surface area contributed by atoms with Crippen molar-refractivity contribution in [2.24, 2.45) is 0 Å². The highest BCUT2D eigenvalue weighted by atomic mass is 16.3. The molecule has 0 radical (unpaired) electrons. The summed E-state index contributed by atoms with van der Waals surface area (Å²) in [5.74, 6) is 0. The molecule has 0 saturated carbocycles. The Morgan fingerprint density at radius 1 is 1.10 bits per heavy atom. The van der Waals surface area contributed by atoms with Crippen molar-refractivity contribution in [2.45, 2.75) is 40.5 Å². The zero-order valence-corrected chi connectivity index (χ0v) is 12.7. The summed E-state index contributed by atoms with van der Waals surface area (Å²) in [4.78, 5) is 0. The second-order valence-corrected chi connectivity index (χ2v) is 5.24. The van der Waals surface area contributed by atoms with Gasteiger partial charge in [0.1, 0.15) is 0 Å². The Morgan fingerprint density at radius 2 is 1.86 bits per heavy atom. The number of aliphatic hydroxyl groups is 1. The number of hydrogen-bond acceptors (Lipinski definition) is 3. The lowest BCUT2D eigenvalue weighted by molar-refractivity contribution is 0.280. The first-order chi connectivity index (χ1) is 10.2. The topological polar surface area (TPSA) is 55.9 Å². The van der Waals surface area contributed by atoms with Crippen LogP contribution in [0.5, 0.6) is 0 Å². The maximum Gasteiger partial charge on any atom is 0.0918 e. The molecule has 3 rings (SSSR count). The summed E-state index contributed by atoms with van der Waals surface area (Å²) in [6.07, 6.45) is 0. The summed E-state index contributed by atoms with van der Waals surface area (Å²) in [5, 5.41) is 19.8. The molecular formula is C16H20N4O. The average Bonchev–Trinajstić information content (AvgIpc) is 2.98. The standard InChI is InChI=1S/C16H20N4O/c1-4-19-16-8-6-5-7-13(16)15(18-19)9-20-12(3)14(10-21)11(2)17-20/h5-8,21H,4,9-10H2,1-3H3. The van der Waals surface area contributed by atoms with E-state index < -0.39 is 0 Å². The van der Waals surface area contributed by atoms with Gasteiger partial charge < -0.3 is 5.11 Å². The van der Waals surface area contributed by atoms with Crippen molar-refractivity contribution in [3.8, 4) is 0 Å². The van der Waals surface area contributed by atoms with Gasteiger partial charge in [-0.25, -0.2) is 0 Å². The molecule has 5 heteroatoms. The van der Waals surface area contributed by atoms with Crippen molar-refractivity contribution in [3.05, 3.63) is 46.9 Å². The summed E-state index contributed by atoms with van der Waals surface area (Å²) in [5.41, 5.74) is 4.97. The lowest BCUT2D eigenvalue weighted by Crippen LogP contribution is -2.06. The first-order valence-electron chi connectivity index (χ1n) is 7.23. The molecule has 2 aromatic heterocycles. The van der Waals surface area contributed by atoms with E-state index in [2.05, 4.69) is 24.2 Å². The first kappa shape index (κ1) is 13.8. The highest BCUT2D eigenvalue weighted by Gasteiger charge is 2.14. The van der Waals surface area contributed by atoms with Crippen LogP contribution in [0, 0.1) is 13.8 Å². The van der Waals surface area contributed by atoms with E-state index in [9.17, 15) is 5.11 Å². The first-order valence-corrected chi connectivity index (χ1v) is 7.23. The SMILES string of the molecule is CCn1nc(Cn2nc(C)c(CO)c2C)c2ccccc21. The summed E-state index contributed by atoms with van der Waals surface area (Å²) >= 11 is 0. The highest BCUT2D eigenvalue weighted by Crippen LogP contribution is 2.21. The van der Waals surface area contributed by atoms with Gasteiger partial charge in [-0.1, -0.05) is 18.2 Å². The van der Waals surface area contributed by atoms with Crippen LogP contribution >= 0.6 is 0 Å². The van der Waals surface area contributed by atoms with Crippen LogP contribution in [0.15, 0.2) is 24.3 Å². The molecule has 21 heavy (non-hydrogen) atoms. The molecule has 0 bridgehead atoms. The Balaban J connectivity index is 2.06. The second kappa shape index (κ2) is 5.33.